The maximum atomic E-state index is 6.60. The lowest BCUT2D eigenvalue weighted by atomic mass is 9.97. The van der Waals surface area contributed by atoms with Crippen LogP contribution in [-0.4, -0.2) is 4.57 Å². The molecule has 0 atom stereocenters. The highest BCUT2D eigenvalue weighted by molar-refractivity contribution is 6.19. The van der Waals surface area contributed by atoms with Crippen molar-refractivity contribution in [2.24, 2.45) is 0 Å². The summed E-state index contributed by atoms with van der Waals surface area (Å²) in [6.07, 6.45) is 0. The standard InChI is InChI=1S/C52H32N2O2/c1-2-17-40-33(12-1)26-28-45-51-39(21-11-25-49(51)56-52(40)45)34-13-9-14-35(30-34)53(38-27-29-44-43-20-5-8-24-48(43)55-50(44)32-38)36-15-10-16-37(31-36)54-46-22-6-3-18-41(46)42-19-4-7-23-47(42)54/h1-32H. The lowest BCUT2D eigenvalue weighted by Gasteiger charge is -2.26. The Bertz CT molecular complexity index is 3460. The zero-order valence-electron chi connectivity index (χ0n) is 30.2. The predicted molar refractivity (Wildman–Crippen MR) is 233 cm³/mol. The molecule has 3 heterocycles. The van der Waals surface area contributed by atoms with Crippen LogP contribution in [0.3, 0.4) is 0 Å². The van der Waals surface area contributed by atoms with Crippen molar-refractivity contribution < 1.29 is 8.83 Å². The van der Waals surface area contributed by atoms with Crippen molar-refractivity contribution in [1.29, 1.82) is 0 Å². The van der Waals surface area contributed by atoms with Gasteiger partial charge in [-0.05, 0) is 89.3 Å². The van der Waals surface area contributed by atoms with Crippen LogP contribution in [0.1, 0.15) is 0 Å². The van der Waals surface area contributed by atoms with E-state index in [1.54, 1.807) is 0 Å². The van der Waals surface area contributed by atoms with Crippen LogP contribution in [0.25, 0.3) is 93.3 Å². The van der Waals surface area contributed by atoms with Gasteiger partial charge >= 0.3 is 0 Å². The van der Waals surface area contributed by atoms with E-state index < -0.39 is 0 Å². The van der Waals surface area contributed by atoms with Crippen molar-refractivity contribution in [3.63, 3.8) is 0 Å². The van der Waals surface area contributed by atoms with Gasteiger partial charge in [0.2, 0.25) is 0 Å². The Hall–Kier alpha value is -7.56. The van der Waals surface area contributed by atoms with Gasteiger partial charge in [0.15, 0.2) is 0 Å². The molecule has 4 nitrogen and oxygen atoms in total. The van der Waals surface area contributed by atoms with Crippen LogP contribution in [0.5, 0.6) is 0 Å². The molecule has 3 aromatic heterocycles. The van der Waals surface area contributed by atoms with Gasteiger partial charge in [0.25, 0.3) is 0 Å². The molecule has 0 radical (unpaired) electrons. The van der Waals surface area contributed by atoms with E-state index >= 15 is 0 Å². The van der Waals surface area contributed by atoms with Crippen LogP contribution in [0.15, 0.2) is 203 Å². The lowest BCUT2D eigenvalue weighted by Crippen LogP contribution is -2.10. The van der Waals surface area contributed by atoms with E-state index in [-0.39, 0.29) is 0 Å². The molecular weight excluding hydrogens is 685 g/mol. The van der Waals surface area contributed by atoms with Gasteiger partial charge in [0, 0.05) is 66.5 Å². The summed E-state index contributed by atoms with van der Waals surface area (Å²) in [5.74, 6) is 0. The summed E-state index contributed by atoms with van der Waals surface area (Å²) < 4.78 is 15.4. The van der Waals surface area contributed by atoms with E-state index in [2.05, 4.69) is 191 Å². The monoisotopic (exact) mass is 716 g/mol. The smallest absolute Gasteiger partial charge is 0.143 e. The Kier molecular flexibility index (Phi) is 6.60. The first-order chi connectivity index (χ1) is 27.8. The molecule has 0 bridgehead atoms. The minimum absolute atomic E-state index is 0.852. The van der Waals surface area contributed by atoms with Gasteiger partial charge in [0.05, 0.1) is 11.0 Å². The number of fused-ring (bicyclic) bond motifs is 11. The van der Waals surface area contributed by atoms with E-state index in [4.69, 9.17) is 8.83 Å². The van der Waals surface area contributed by atoms with E-state index in [9.17, 15) is 0 Å². The molecule has 4 heteroatoms. The predicted octanol–water partition coefficient (Wildman–Crippen LogP) is 14.9. The number of hydrogen-bond donors (Lipinski definition) is 0. The van der Waals surface area contributed by atoms with Crippen LogP contribution < -0.4 is 4.90 Å². The largest absolute Gasteiger partial charge is 0.456 e. The maximum absolute atomic E-state index is 6.60. The molecule has 0 amide bonds. The second-order valence-electron chi connectivity index (χ2n) is 14.5. The third kappa shape index (κ3) is 4.60. The van der Waals surface area contributed by atoms with Gasteiger partial charge in [-0.2, -0.15) is 0 Å². The summed E-state index contributed by atoms with van der Waals surface area (Å²) in [7, 11) is 0. The molecule has 0 saturated carbocycles. The highest BCUT2D eigenvalue weighted by atomic mass is 16.3. The average Bonchev–Trinajstić information content (AvgIpc) is 3.94. The van der Waals surface area contributed by atoms with E-state index in [1.165, 1.54) is 27.2 Å². The van der Waals surface area contributed by atoms with E-state index in [0.717, 1.165) is 83.1 Å². The van der Waals surface area contributed by atoms with Gasteiger partial charge < -0.3 is 18.3 Å². The number of rotatable bonds is 5. The Balaban J connectivity index is 1.07. The number of anilines is 3. The Morgan fingerprint density at radius 3 is 1.84 bits per heavy atom. The molecule has 0 aliphatic carbocycles. The average molecular weight is 717 g/mol. The summed E-state index contributed by atoms with van der Waals surface area (Å²) in [6, 6.07) is 69.0. The van der Waals surface area contributed by atoms with Crippen LogP contribution in [0, 0.1) is 0 Å². The van der Waals surface area contributed by atoms with Crippen molar-refractivity contribution in [2.45, 2.75) is 0 Å². The third-order valence-electron chi connectivity index (χ3n) is 11.3. The summed E-state index contributed by atoms with van der Waals surface area (Å²) in [5.41, 5.74) is 12.3. The molecular formula is C52H32N2O2. The summed E-state index contributed by atoms with van der Waals surface area (Å²) in [4.78, 5) is 2.34. The Labute approximate surface area is 321 Å². The first kappa shape index (κ1) is 30.9. The Morgan fingerprint density at radius 1 is 0.375 bits per heavy atom. The summed E-state index contributed by atoms with van der Waals surface area (Å²) in [5, 5.41) is 9.22. The fraction of sp³-hybridized carbons (Fsp3) is 0. The Morgan fingerprint density at radius 2 is 1.00 bits per heavy atom. The molecule has 0 saturated heterocycles. The molecule has 0 N–H and O–H groups in total. The minimum Gasteiger partial charge on any atom is -0.456 e. The number of hydrogen-bond acceptors (Lipinski definition) is 3. The van der Waals surface area contributed by atoms with E-state index in [0.29, 0.717) is 0 Å². The van der Waals surface area contributed by atoms with E-state index in [1.807, 2.05) is 12.1 Å². The summed E-state index contributed by atoms with van der Waals surface area (Å²) >= 11 is 0. The van der Waals surface area contributed by atoms with Gasteiger partial charge in [-0.15, -0.1) is 0 Å². The molecule has 0 aliphatic rings. The molecule has 0 fully saturated rings. The fourth-order valence-corrected chi connectivity index (χ4v) is 8.88. The second-order valence-corrected chi connectivity index (χ2v) is 14.5. The number of aromatic nitrogens is 1. The van der Waals surface area contributed by atoms with Crippen molar-refractivity contribution >= 4 is 93.5 Å². The van der Waals surface area contributed by atoms with Crippen molar-refractivity contribution in [2.75, 3.05) is 4.90 Å². The lowest BCUT2D eigenvalue weighted by molar-refractivity contribution is 0.669. The maximum Gasteiger partial charge on any atom is 0.143 e. The molecule has 0 unspecified atom stereocenters. The fourth-order valence-electron chi connectivity index (χ4n) is 8.88. The summed E-state index contributed by atoms with van der Waals surface area (Å²) in [6.45, 7) is 0. The molecule has 12 aromatic rings. The van der Waals surface area contributed by atoms with Gasteiger partial charge in [0.1, 0.15) is 22.3 Å². The van der Waals surface area contributed by atoms with Crippen molar-refractivity contribution in [3.05, 3.63) is 194 Å². The normalized spacial score (nSPS) is 11.9. The topological polar surface area (TPSA) is 34.5 Å². The number of furan rings is 2. The number of para-hydroxylation sites is 3. The van der Waals surface area contributed by atoms with Gasteiger partial charge in [-0.3, -0.25) is 0 Å². The van der Waals surface area contributed by atoms with Crippen LogP contribution in [0.2, 0.25) is 0 Å². The zero-order valence-corrected chi connectivity index (χ0v) is 30.2. The van der Waals surface area contributed by atoms with Gasteiger partial charge in [-0.1, -0.05) is 115 Å². The third-order valence-corrected chi connectivity index (χ3v) is 11.3. The second kappa shape index (κ2) is 12.0. The SMILES string of the molecule is c1cc(-c2cccc3oc4c5ccccc5ccc4c23)cc(N(c2cccc(-n3c4ccccc4c4ccccc43)c2)c2ccc3c(c2)oc2ccccc23)c1. The highest BCUT2D eigenvalue weighted by Gasteiger charge is 2.20. The molecule has 0 aliphatic heterocycles. The first-order valence-electron chi connectivity index (χ1n) is 19.0. The first-order valence-corrected chi connectivity index (χ1v) is 19.0. The molecule has 0 spiro atoms. The molecule has 9 aromatic carbocycles. The minimum atomic E-state index is 0.852. The van der Waals surface area contributed by atoms with Gasteiger partial charge in [-0.25, -0.2) is 0 Å². The van der Waals surface area contributed by atoms with Crippen LogP contribution in [0.4, 0.5) is 17.1 Å². The molecule has 56 heavy (non-hydrogen) atoms. The molecule has 262 valence electrons. The van der Waals surface area contributed by atoms with Crippen molar-refractivity contribution in [1.82, 2.24) is 4.57 Å². The van der Waals surface area contributed by atoms with Crippen LogP contribution >= 0.6 is 0 Å². The molecule has 12 rings (SSSR count). The highest BCUT2D eigenvalue weighted by Crippen LogP contribution is 2.44. The quantitative estimate of drug-likeness (QED) is 0.178. The van der Waals surface area contributed by atoms with Crippen molar-refractivity contribution in [3.8, 4) is 16.8 Å². The zero-order chi connectivity index (χ0) is 36.7. The number of benzene rings is 9. The number of nitrogens with zero attached hydrogens (tertiary/aromatic N) is 2. The van der Waals surface area contributed by atoms with Crippen LogP contribution in [-0.2, 0) is 0 Å².